The molecule has 0 bridgehead atoms. The molecular formula is C11H13N3. The van der Waals surface area contributed by atoms with Gasteiger partial charge in [0.2, 0.25) is 0 Å². The lowest BCUT2D eigenvalue weighted by Gasteiger charge is -2.17. The molecule has 1 heterocycles. The van der Waals surface area contributed by atoms with Crippen LogP contribution in [-0.4, -0.2) is 18.6 Å². The van der Waals surface area contributed by atoms with Gasteiger partial charge in [-0.05, 0) is 30.9 Å². The molecule has 3 nitrogen and oxygen atoms in total. The third kappa shape index (κ3) is 2.02. The zero-order chi connectivity index (χ0) is 9.97. The summed E-state index contributed by atoms with van der Waals surface area (Å²) in [7, 11) is 2.05. The lowest BCUT2D eigenvalue weighted by molar-refractivity contribution is 0.777. The first-order valence-corrected chi connectivity index (χ1v) is 4.87. The summed E-state index contributed by atoms with van der Waals surface area (Å²) < 4.78 is 0. The van der Waals surface area contributed by atoms with Gasteiger partial charge >= 0.3 is 0 Å². The molecule has 1 fully saturated rings. The molecule has 1 aliphatic carbocycles. The van der Waals surface area contributed by atoms with Crippen LogP contribution in [0.2, 0.25) is 0 Å². The van der Waals surface area contributed by atoms with E-state index >= 15 is 0 Å². The molecule has 3 heteroatoms. The van der Waals surface area contributed by atoms with Crippen LogP contribution in [0.5, 0.6) is 0 Å². The van der Waals surface area contributed by atoms with Crippen molar-refractivity contribution in [1.82, 2.24) is 4.98 Å². The van der Waals surface area contributed by atoms with Crippen LogP contribution in [0.4, 0.5) is 5.82 Å². The fraction of sp³-hybridized carbons (Fsp3) is 0.455. The van der Waals surface area contributed by atoms with Crippen LogP contribution in [0.3, 0.4) is 0 Å². The first kappa shape index (κ1) is 9.01. The van der Waals surface area contributed by atoms with E-state index in [1.54, 1.807) is 6.20 Å². The summed E-state index contributed by atoms with van der Waals surface area (Å²) in [5.41, 5.74) is 0.619. The van der Waals surface area contributed by atoms with E-state index in [9.17, 15) is 0 Å². The Labute approximate surface area is 84.0 Å². The lowest BCUT2D eigenvalue weighted by Crippen LogP contribution is -2.20. The maximum absolute atomic E-state index is 8.62. The van der Waals surface area contributed by atoms with Crippen molar-refractivity contribution < 1.29 is 0 Å². The Kier molecular flexibility index (Phi) is 2.36. The topological polar surface area (TPSA) is 39.9 Å². The van der Waals surface area contributed by atoms with Crippen molar-refractivity contribution >= 4 is 5.82 Å². The summed E-state index contributed by atoms with van der Waals surface area (Å²) >= 11 is 0. The van der Waals surface area contributed by atoms with E-state index in [0.717, 1.165) is 18.3 Å². The number of rotatable bonds is 3. The zero-order valence-electron chi connectivity index (χ0n) is 8.27. The van der Waals surface area contributed by atoms with Gasteiger partial charge in [0.05, 0.1) is 5.56 Å². The van der Waals surface area contributed by atoms with Crippen LogP contribution >= 0.6 is 0 Å². The van der Waals surface area contributed by atoms with Crippen molar-refractivity contribution in [3.63, 3.8) is 0 Å². The van der Waals surface area contributed by atoms with E-state index in [0.29, 0.717) is 5.56 Å². The van der Waals surface area contributed by atoms with E-state index in [1.165, 1.54) is 12.8 Å². The van der Waals surface area contributed by atoms with E-state index in [4.69, 9.17) is 5.26 Å². The van der Waals surface area contributed by atoms with Gasteiger partial charge in [-0.2, -0.15) is 5.26 Å². The second kappa shape index (κ2) is 3.67. The average molecular weight is 187 g/mol. The monoisotopic (exact) mass is 187 g/mol. The van der Waals surface area contributed by atoms with Gasteiger partial charge in [-0.15, -0.1) is 0 Å². The Morgan fingerprint density at radius 3 is 2.86 bits per heavy atom. The minimum atomic E-state index is 0.619. The number of hydrogen-bond acceptors (Lipinski definition) is 3. The standard InChI is InChI=1S/C11H13N3/c1-14(8-9-2-3-9)11-5-4-10(6-12)7-13-11/h4-5,7,9H,2-3,8H2,1H3. The Balaban J connectivity index is 2.04. The maximum Gasteiger partial charge on any atom is 0.128 e. The highest BCUT2D eigenvalue weighted by Gasteiger charge is 2.23. The highest BCUT2D eigenvalue weighted by atomic mass is 15.2. The molecule has 1 aromatic heterocycles. The smallest absolute Gasteiger partial charge is 0.128 e. The molecule has 0 unspecified atom stereocenters. The SMILES string of the molecule is CN(CC1CC1)c1ccc(C#N)cn1. The first-order valence-electron chi connectivity index (χ1n) is 4.87. The third-order valence-electron chi connectivity index (χ3n) is 2.50. The number of hydrogen-bond donors (Lipinski definition) is 0. The minimum Gasteiger partial charge on any atom is -0.359 e. The molecule has 0 aliphatic heterocycles. The summed E-state index contributed by atoms with van der Waals surface area (Å²) in [4.78, 5) is 6.39. The van der Waals surface area contributed by atoms with Gasteiger partial charge < -0.3 is 4.90 Å². The normalized spacial score (nSPS) is 14.9. The molecule has 2 rings (SSSR count). The first-order chi connectivity index (χ1) is 6.79. The number of nitriles is 1. The van der Waals surface area contributed by atoms with E-state index in [2.05, 4.69) is 16.0 Å². The van der Waals surface area contributed by atoms with Crippen molar-refractivity contribution in [2.45, 2.75) is 12.8 Å². The average Bonchev–Trinajstić information content (AvgIpc) is 3.02. The van der Waals surface area contributed by atoms with Crippen molar-refractivity contribution in [3.8, 4) is 6.07 Å². The summed E-state index contributed by atoms with van der Waals surface area (Å²) in [5.74, 6) is 1.81. The molecule has 0 saturated heterocycles. The second-order valence-electron chi connectivity index (χ2n) is 3.84. The lowest BCUT2D eigenvalue weighted by atomic mass is 10.3. The van der Waals surface area contributed by atoms with Crippen LogP contribution in [0.1, 0.15) is 18.4 Å². The molecule has 72 valence electrons. The van der Waals surface area contributed by atoms with E-state index in [-0.39, 0.29) is 0 Å². The molecule has 0 spiro atoms. The Morgan fingerprint density at radius 1 is 1.57 bits per heavy atom. The minimum absolute atomic E-state index is 0.619. The predicted molar refractivity (Wildman–Crippen MR) is 54.9 cm³/mol. The van der Waals surface area contributed by atoms with Crippen molar-refractivity contribution in [2.75, 3.05) is 18.5 Å². The predicted octanol–water partition coefficient (Wildman–Crippen LogP) is 1.80. The van der Waals surface area contributed by atoms with Crippen LogP contribution in [0.25, 0.3) is 0 Å². The molecule has 14 heavy (non-hydrogen) atoms. The number of pyridine rings is 1. The van der Waals surface area contributed by atoms with Gasteiger partial charge in [0.1, 0.15) is 11.9 Å². The molecule has 1 saturated carbocycles. The van der Waals surface area contributed by atoms with Gasteiger partial charge in [0.25, 0.3) is 0 Å². The maximum atomic E-state index is 8.62. The van der Waals surface area contributed by atoms with Gasteiger partial charge in [0, 0.05) is 19.8 Å². The van der Waals surface area contributed by atoms with Gasteiger partial charge in [-0.25, -0.2) is 4.98 Å². The molecule has 0 radical (unpaired) electrons. The van der Waals surface area contributed by atoms with Crippen molar-refractivity contribution in [2.24, 2.45) is 5.92 Å². The molecular weight excluding hydrogens is 174 g/mol. The van der Waals surface area contributed by atoms with Crippen LogP contribution in [-0.2, 0) is 0 Å². The van der Waals surface area contributed by atoms with Crippen molar-refractivity contribution in [3.05, 3.63) is 23.9 Å². The highest BCUT2D eigenvalue weighted by molar-refractivity contribution is 5.41. The Bertz CT molecular complexity index is 346. The number of nitrogens with zero attached hydrogens (tertiary/aromatic N) is 3. The molecule has 0 N–H and O–H groups in total. The van der Waals surface area contributed by atoms with Gasteiger partial charge in [-0.1, -0.05) is 0 Å². The zero-order valence-corrected chi connectivity index (χ0v) is 8.27. The summed E-state index contributed by atoms with van der Waals surface area (Å²) in [6.45, 7) is 1.08. The fourth-order valence-corrected chi connectivity index (χ4v) is 1.46. The number of aromatic nitrogens is 1. The Morgan fingerprint density at radius 2 is 2.36 bits per heavy atom. The number of anilines is 1. The van der Waals surface area contributed by atoms with Crippen molar-refractivity contribution in [1.29, 1.82) is 5.26 Å². The summed E-state index contributed by atoms with van der Waals surface area (Å²) in [5, 5.41) is 8.62. The highest BCUT2D eigenvalue weighted by Crippen LogP contribution is 2.30. The van der Waals surface area contributed by atoms with Crippen LogP contribution < -0.4 is 4.90 Å². The summed E-state index contributed by atoms with van der Waals surface area (Å²) in [6.07, 6.45) is 4.32. The van der Waals surface area contributed by atoms with Crippen LogP contribution in [0.15, 0.2) is 18.3 Å². The van der Waals surface area contributed by atoms with E-state index in [1.807, 2.05) is 19.2 Å². The third-order valence-corrected chi connectivity index (χ3v) is 2.50. The van der Waals surface area contributed by atoms with Crippen LogP contribution in [0, 0.1) is 17.2 Å². The van der Waals surface area contributed by atoms with E-state index < -0.39 is 0 Å². The largest absolute Gasteiger partial charge is 0.359 e. The fourth-order valence-electron chi connectivity index (χ4n) is 1.46. The quantitative estimate of drug-likeness (QED) is 0.724. The second-order valence-corrected chi connectivity index (χ2v) is 3.84. The molecule has 0 aromatic carbocycles. The molecule has 1 aliphatic rings. The summed E-state index contributed by atoms with van der Waals surface area (Å²) in [6, 6.07) is 5.78. The van der Waals surface area contributed by atoms with Gasteiger partial charge in [0.15, 0.2) is 0 Å². The Hall–Kier alpha value is -1.56. The molecule has 0 atom stereocenters. The molecule has 1 aromatic rings. The molecule has 0 amide bonds. The van der Waals surface area contributed by atoms with Gasteiger partial charge in [-0.3, -0.25) is 0 Å².